The molecule has 0 fully saturated rings. The third-order valence-electron chi connectivity index (χ3n) is 3.00. The van der Waals surface area contributed by atoms with Crippen molar-refractivity contribution in [2.75, 3.05) is 0 Å². The Balaban J connectivity index is 2.05. The molecule has 0 aliphatic carbocycles. The molecule has 92 valence electrons. The van der Waals surface area contributed by atoms with E-state index < -0.39 is 11.9 Å². The van der Waals surface area contributed by atoms with Gasteiger partial charge in [-0.15, -0.1) is 0 Å². The summed E-state index contributed by atoms with van der Waals surface area (Å²) < 4.78 is 11.4. The Morgan fingerprint density at radius 1 is 1.11 bits per heavy atom. The van der Waals surface area contributed by atoms with Crippen molar-refractivity contribution in [2.24, 2.45) is 0 Å². The molecule has 18 heavy (non-hydrogen) atoms. The number of hydrogen-bond donors (Lipinski definition) is 1. The number of aromatic nitrogens is 1. The van der Waals surface area contributed by atoms with Crippen LogP contribution in [0.15, 0.2) is 48.7 Å². The van der Waals surface area contributed by atoms with Crippen molar-refractivity contribution in [1.29, 1.82) is 0 Å². The minimum atomic E-state index is -1.56. The van der Waals surface area contributed by atoms with E-state index in [1.54, 1.807) is 37.4 Å². The summed E-state index contributed by atoms with van der Waals surface area (Å²) in [4.78, 5) is 4.14. The smallest absolute Gasteiger partial charge is 0.289 e. The Labute approximate surface area is 105 Å². The summed E-state index contributed by atoms with van der Waals surface area (Å²) in [5, 5.41) is 10.6. The molecule has 0 bridgehead atoms. The van der Waals surface area contributed by atoms with Gasteiger partial charge in [0.15, 0.2) is 17.6 Å². The summed E-state index contributed by atoms with van der Waals surface area (Å²) in [5.41, 5.74) is 0.437. The first-order valence-corrected chi connectivity index (χ1v) is 5.79. The lowest BCUT2D eigenvalue weighted by Crippen LogP contribution is -2.49. The molecule has 0 saturated carbocycles. The highest BCUT2D eigenvalue weighted by molar-refractivity contribution is 5.42. The maximum atomic E-state index is 10.6. The van der Waals surface area contributed by atoms with Crippen molar-refractivity contribution in [3.05, 3.63) is 54.4 Å². The summed E-state index contributed by atoms with van der Waals surface area (Å²) in [7, 11) is 0. The zero-order valence-electron chi connectivity index (χ0n) is 9.91. The van der Waals surface area contributed by atoms with E-state index in [-0.39, 0.29) is 0 Å². The number of hydrogen-bond acceptors (Lipinski definition) is 4. The van der Waals surface area contributed by atoms with E-state index in [9.17, 15) is 5.11 Å². The summed E-state index contributed by atoms with van der Waals surface area (Å²) in [6, 6.07) is 12.6. The molecule has 1 aliphatic heterocycles. The van der Waals surface area contributed by atoms with Crippen molar-refractivity contribution in [2.45, 2.75) is 18.8 Å². The first-order chi connectivity index (χ1) is 8.70. The number of nitrogens with zero attached hydrogens (tertiary/aromatic N) is 1. The van der Waals surface area contributed by atoms with Gasteiger partial charge in [0, 0.05) is 6.20 Å². The van der Waals surface area contributed by atoms with Crippen LogP contribution in [0.4, 0.5) is 0 Å². The molecule has 3 rings (SSSR count). The Bertz CT molecular complexity index is 558. The third kappa shape index (κ3) is 1.62. The van der Waals surface area contributed by atoms with Crippen molar-refractivity contribution in [3.8, 4) is 11.5 Å². The van der Waals surface area contributed by atoms with Crippen molar-refractivity contribution in [3.63, 3.8) is 0 Å². The molecule has 1 N–H and O–H groups in total. The van der Waals surface area contributed by atoms with Gasteiger partial charge in [-0.05, 0) is 31.2 Å². The van der Waals surface area contributed by atoms with Gasteiger partial charge in [0.25, 0.3) is 5.79 Å². The molecule has 2 heterocycles. The predicted octanol–water partition coefficient (Wildman–Crippen LogP) is 2.09. The molecule has 4 heteroatoms. The average molecular weight is 243 g/mol. The van der Waals surface area contributed by atoms with Crippen molar-refractivity contribution >= 4 is 0 Å². The SMILES string of the molecule is C[C@H]1Oc2ccccc2O[C@@]1(O)c1ccccn1. The third-order valence-corrected chi connectivity index (χ3v) is 3.00. The van der Waals surface area contributed by atoms with Gasteiger partial charge in [-0.2, -0.15) is 0 Å². The standard InChI is InChI=1S/C14H13NO3/c1-10-14(16,13-8-4-5-9-15-13)18-12-7-3-2-6-11(12)17-10/h2-10,16H,1H3/t10-,14-/m1/s1. The first-order valence-electron chi connectivity index (χ1n) is 5.79. The molecule has 2 atom stereocenters. The van der Waals surface area contributed by atoms with Crippen LogP contribution in [-0.4, -0.2) is 16.2 Å². The van der Waals surface area contributed by atoms with Crippen LogP contribution in [-0.2, 0) is 5.79 Å². The topological polar surface area (TPSA) is 51.6 Å². The first kappa shape index (κ1) is 11.0. The fraction of sp³-hybridized carbons (Fsp3) is 0.214. The quantitative estimate of drug-likeness (QED) is 0.833. The second-order valence-electron chi connectivity index (χ2n) is 4.22. The Morgan fingerprint density at radius 3 is 2.56 bits per heavy atom. The van der Waals surface area contributed by atoms with Crippen molar-refractivity contribution in [1.82, 2.24) is 4.98 Å². The van der Waals surface area contributed by atoms with Gasteiger partial charge in [0.1, 0.15) is 5.69 Å². The van der Waals surface area contributed by atoms with Gasteiger partial charge in [-0.3, -0.25) is 4.98 Å². The van der Waals surface area contributed by atoms with Gasteiger partial charge in [-0.1, -0.05) is 18.2 Å². The van der Waals surface area contributed by atoms with Crippen LogP contribution >= 0.6 is 0 Å². The second-order valence-corrected chi connectivity index (χ2v) is 4.22. The van der Waals surface area contributed by atoms with Crippen LogP contribution in [0, 0.1) is 0 Å². The van der Waals surface area contributed by atoms with Crippen LogP contribution < -0.4 is 9.47 Å². The molecule has 1 aromatic carbocycles. The molecule has 0 spiro atoms. The van der Waals surface area contributed by atoms with Gasteiger partial charge in [0.05, 0.1) is 0 Å². The van der Waals surface area contributed by atoms with E-state index >= 15 is 0 Å². The van der Waals surface area contributed by atoms with E-state index in [4.69, 9.17) is 9.47 Å². The number of rotatable bonds is 1. The molecule has 1 aromatic heterocycles. The Morgan fingerprint density at radius 2 is 1.83 bits per heavy atom. The van der Waals surface area contributed by atoms with Crippen molar-refractivity contribution < 1.29 is 14.6 Å². The van der Waals surface area contributed by atoms with Crippen LogP contribution in [0.5, 0.6) is 11.5 Å². The summed E-state index contributed by atoms with van der Waals surface area (Å²) in [6.45, 7) is 1.75. The maximum absolute atomic E-state index is 10.6. The highest BCUT2D eigenvalue weighted by Crippen LogP contribution is 2.40. The fourth-order valence-corrected chi connectivity index (χ4v) is 1.99. The minimum Gasteiger partial charge on any atom is -0.479 e. The molecule has 0 amide bonds. The van der Waals surface area contributed by atoms with Crippen LogP contribution in [0.3, 0.4) is 0 Å². The van der Waals surface area contributed by atoms with Crippen LogP contribution in [0.2, 0.25) is 0 Å². The van der Waals surface area contributed by atoms with Gasteiger partial charge in [-0.25, -0.2) is 0 Å². The lowest BCUT2D eigenvalue weighted by atomic mass is 10.0. The summed E-state index contributed by atoms with van der Waals surface area (Å²) in [5.74, 6) is -0.412. The highest BCUT2D eigenvalue weighted by Gasteiger charge is 2.45. The zero-order chi connectivity index (χ0) is 12.6. The lowest BCUT2D eigenvalue weighted by molar-refractivity contribution is -0.219. The molecular weight excluding hydrogens is 230 g/mol. The normalized spacial score (nSPS) is 25.8. The van der Waals surface area contributed by atoms with Gasteiger partial charge < -0.3 is 14.6 Å². The highest BCUT2D eigenvalue weighted by atomic mass is 16.7. The monoisotopic (exact) mass is 243 g/mol. The molecular formula is C14H13NO3. The van der Waals surface area contributed by atoms with Crippen LogP contribution in [0.1, 0.15) is 12.6 Å². The number of benzene rings is 1. The zero-order valence-corrected chi connectivity index (χ0v) is 9.91. The van der Waals surface area contributed by atoms with E-state index in [1.165, 1.54) is 0 Å². The predicted molar refractivity (Wildman–Crippen MR) is 65.3 cm³/mol. The second kappa shape index (κ2) is 3.99. The molecule has 1 aliphatic rings. The van der Waals surface area contributed by atoms with E-state index in [1.807, 2.05) is 18.2 Å². The number of ether oxygens (including phenoxy) is 2. The van der Waals surface area contributed by atoms with E-state index in [0.717, 1.165) is 0 Å². The number of fused-ring (bicyclic) bond motifs is 1. The van der Waals surface area contributed by atoms with Gasteiger partial charge in [0.2, 0.25) is 0 Å². The Hall–Kier alpha value is -2.07. The minimum absolute atomic E-state index is 0.437. The summed E-state index contributed by atoms with van der Waals surface area (Å²) in [6.07, 6.45) is 1.08. The Kier molecular flexibility index (Phi) is 2.45. The van der Waals surface area contributed by atoms with Crippen LogP contribution in [0.25, 0.3) is 0 Å². The van der Waals surface area contributed by atoms with E-state index in [0.29, 0.717) is 17.2 Å². The molecule has 0 unspecified atom stereocenters. The van der Waals surface area contributed by atoms with E-state index in [2.05, 4.69) is 4.98 Å². The fourth-order valence-electron chi connectivity index (χ4n) is 1.99. The average Bonchev–Trinajstić information content (AvgIpc) is 2.41. The number of pyridine rings is 1. The van der Waals surface area contributed by atoms with Gasteiger partial charge >= 0.3 is 0 Å². The summed E-state index contributed by atoms with van der Waals surface area (Å²) >= 11 is 0. The number of para-hydroxylation sites is 2. The molecule has 4 nitrogen and oxygen atoms in total. The molecule has 2 aromatic rings. The largest absolute Gasteiger partial charge is 0.479 e. The molecule has 0 saturated heterocycles. The number of aliphatic hydroxyl groups is 1. The maximum Gasteiger partial charge on any atom is 0.289 e. The lowest BCUT2D eigenvalue weighted by Gasteiger charge is -2.38. The molecule has 0 radical (unpaired) electrons.